The van der Waals surface area contributed by atoms with Gasteiger partial charge in [-0.05, 0) is 108 Å². The maximum absolute atomic E-state index is 14.7. The maximum atomic E-state index is 14.7. The summed E-state index contributed by atoms with van der Waals surface area (Å²) in [5, 5.41) is 0.484. The minimum absolute atomic E-state index is 0.0392. The summed E-state index contributed by atoms with van der Waals surface area (Å²) in [5.41, 5.74) is 3.98. The number of carbonyl (C=O) groups is 1. The number of benzene rings is 3. The number of rotatable bonds is 16. The fourth-order valence-electron chi connectivity index (χ4n) is 8.09. The van der Waals surface area contributed by atoms with Gasteiger partial charge in [0.25, 0.3) is 5.56 Å². The van der Waals surface area contributed by atoms with E-state index in [0.29, 0.717) is 65.7 Å². The van der Waals surface area contributed by atoms with Crippen LogP contribution in [0.3, 0.4) is 0 Å². The zero-order chi connectivity index (χ0) is 39.9. The van der Waals surface area contributed by atoms with Crippen molar-refractivity contribution in [3.8, 4) is 11.1 Å². The highest BCUT2D eigenvalue weighted by molar-refractivity contribution is 7.98. The van der Waals surface area contributed by atoms with Crippen LogP contribution in [0.15, 0.2) is 82.7 Å². The Kier molecular flexibility index (Phi) is 14.1. The molecule has 0 bridgehead atoms. The summed E-state index contributed by atoms with van der Waals surface area (Å²) in [5.74, 6) is 1.49. The zero-order valence-electron chi connectivity index (χ0n) is 33.0. The normalized spacial score (nSPS) is 14.2. The van der Waals surface area contributed by atoms with E-state index < -0.39 is 11.7 Å². The summed E-state index contributed by atoms with van der Waals surface area (Å²) in [6, 6.07) is 19.1. The van der Waals surface area contributed by atoms with Gasteiger partial charge in [0.2, 0.25) is 5.91 Å². The third-order valence-corrected chi connectivity index (χ3v) is 11.9. The van der Waals surface area contributed by atoms with Gasteiger partial charge in [0, 0.05) is 30.1 Å². The van der Waals surface area contributed by atoms with Crippen molar-refractivity contribution in [2.24, 2.45) is 23.2 Å². The lowest BCUT2D eigenvalue weighted by Gasteiger charge is -2.39. The second-order valence-corrected chi connectivity index (χ2v) is 17.4. The van der Waals surface area contributed by atoms with Crippen molar-refractivity contribution in [1.82, 2.24) is 14.5 Å². The average Bonchev–Trinajstić information content (AvgIpc) is 3.63. The molecule has 1 aliphatic carbocycles. The Balaban J connectivity index is 1.45. The summed E-state index contributed by atoms with van der Waals surface area (Å²) in [7, 11) is 0. The van der Waals surface area contributed by atoms with Crippen LogP contribution in [0, 0.1) is 29.0 Å². The fraction of sp³-hybridized carbons (Fsp3) is 0.489. The number of alkyl halides is 3. The Labute approximate surface area is 328 Å². The molecule has 296 valence electrons. The number of hydrogen-bond acceptors (Lipinski definition) is 4. The first-order valence-corrected chi connectivity index (χ1v) is 20.6. The summed E-state index contributed by atoms with van der Waals surface area (Å²) in [6.45, 7) is 14.7. The van der Waals surface area contributed by atoms with Crippen LogP contribution in [0.4, 0.5) is 17.6 Å². The largest absolute Gasteiger partial charge is 0.416 e. The molecule has 0 fully saturated rings. The first kappa shape index (κ1) is 42.2. The third kappa shape index (κ3) is 11.3. The molecule has 0 N–H and O–H groups in total. The van der Waals surface area contributed by atoms with Crippen LogP contribution < -0.4 is 5.56 Å². The summed E-state index contributed by atoms with van der Waals surface area (Å²) >= 11 is 1.38. The van der Waals surface area contributed by atoms with E-state index in [1.165, 1.54) is 36.0 Å². The van der Waals surface area contributed by atoms with Gasteiger partial charge in [-0.2, -0.15) is 18.2 Å². The fourth-order valence-corrected chi connectivity index (χ4v) is 9.05. The van der Waals surface area contributed by atoms with Crippen LogP contribution in [-0.4, -0.2) is 26.9 Å². The van der Waals surface area contributed by atoms with Crippen molar-refractivity contribution in [2.75, 3.05) is 6.54 Å². The highest BCUT2D eigenvalue weighted by Gasteiger charge is 2.33. The summed E-state index contributed by atoms with van der Waals surface area (Å²) in [6.07, 6.45) is 1.87. The SMILES string of the molecule is CCCC(C(CCN(Cc1ccc(-c2ccc(C(F)(F)F)cc2)cc1)C(=O)Cn1c(SCc2ccc(F)cc2)nc(=O)c2c1CCC2)CC(C)C)C(C)(C)C. The van der Waals surface area contributed by atoms with Crippen molar-refractivity contribution in [2.45, 2.75) is 117 Å². The molecule has 3 aromatic carbocycles. The molecule has 1 aliphatic rings. The average molecular weight is 778 g/mol. The topological polar surface area (TPSA) is 55.2 Å². The second-order valence-electron chi connectivity index (χ2n) is 16.5. The van der Waals surface area contributed by atoms with Gasteiger partial charge in [0.15, 0.2) is 5.16 Å². The Morgan fingerprint density at radius 1 is 0.891 bits per heavy atom. The second kappa shape index (κ2) is 18.4. The summed E-state index contributed by atoms with van der Waals surface area (Å²) in [4.78, 5) is 34.2. The van der Waals surface area contributed by atoms with Gasteiger partial charge in [-0.15, -0.1) is 0 Å². The van der Waals surface area contributed by atoms with Crippen LogP contribution in [0.25, 0.3) is 11.1 Å². The van der Waals surface area contributed by atoms with E-state index in [1.54, 1.807) is 12.1 Å². The predicted molar refractivity (Wildman–Crippen MR) is 214 cm³/mol. The van der Waals surface area contributed by atoms with Gasteiger partial charge in [-0.3, -0.25) is 9.59 Å². The molecule has 5 rings (SSSR count). The first-order valence-electron chi connectivity index (χ1n) is 19.6. The van der Waals surface area contributed by atoms with Crippen molar-refractivity contribution in [1.29, 1.82) is 0 Å². The van der Waals surface area contributed by atoms with Crippen molar-refractivity contribution < 1.29 is 22.4 Å². The molecule has 0 saturated carbocycles. The van der Waals surface area contributed by atoms with Crippen LogP contribution in [0.1, 0.15) is 102 Å². The molecule has 0 radical (unpaired) electrons. The zero-order valence-corrected chi connectivity index (χ0v) is 33.8. The molecule has 2 atom stereocenters. The number of thioether (sulfide) groups is 1. The van der Waals surface area contributed by atoms with Crippen molar-refractivity contribution in [3.05, 3.63) is 117 Å². The quantitative estimate of drug-likeness (QED) is 0.0646. The van der Waals surface area contributed by atoms with Gasteiger partial charge in [0.05, 0.1) is 5.56 Å². The first-order chi connectivity index (χ1) is 26.0. The van der Waals surface area contributed by atoms with Gasteiger partial charge < -0.3 is 9.47 Å². The lowest BCUT2D eigenvalue weighted by Crippen LogP contribution is -2.38. The Hall–Kier alpha value is -3.92. The van der Waals surface area contributed by atoms with E-state index in [9.17, 15) is 27.2 Å². The molecule has 1 amide bonds. The Morgan fingerprint density at radius 2 is 1.51 bits per heavy atom. The third-order valence-electron chi connectivity index (χ3n) is 10.8. The molecule has 1 heterocycles. The number of hydrogen-bond donors (Lipinski definition) is 0. The van der Waals surface area contributed by atoms with Crippen LogP contribution in [0.5, 0.6) is 0 Å². The Morgan fingerprint density at radius 3 is 2.09 bits per heavy atom. The number of nitrogens with zero attached hydrogens (tertiary/aromatic N) is 3. The van der Waals surface area contributed by atoms with E-state index in [1.807, 2.05) is 33.7 Å². The predicted octanol–water partition coefficient (Wildman–Crippen LogP) is 11.4. The van der Waals surface area contributed by atoms with E-state index in [4.69, 9.17) is 0 Å². The highest BCUT2D eigenvalue weighted by Crippen LogP contribution is 2.40. The van der Waals surface area contributed by atoms with Crippen LogP contribution in [0.2, 0.25) is 0 Å². The molecule has 1 aromatic heterocycles. The van der Waals surface area contributed by atoms with Crippen LogP contribution >= 0.6 is 11.8 Å². The van der Waals surface area contributed by atoms with Gasteiger partial charge in [-0.25, -0.2) is 4.39 Å². The van der Waals surface area contributed by atoms with E-state index >= 15 is 0 Å². The molecule has 0 spiro atoms. The van der Waals surface area contributed by atoms with Gasteiger partial charge >= 0.3 is 6.18 Å². The molecule has 5 nitrogen and oxygen atoms in total. The number of amides is 1. The van der Waals surface area contributed by atoms with Crippen molar-refractivity contribution in [3.63, 3.8) is 0 Å². The van der Waals surface area contributed by atoms with Gasteiger partial charge in [0.1, 0.15) is 12.4 Å². The molecule has 10 heteroatoms. The molecule has 55 heavy (non-hydrogen) atoms. The Bertz CT molecular complexity index is 1930. The lowest BCUT2D eigenvalue weighted by atomic mass is 9.67. The van der Waals surface area contributed by atoms with Gasteiger partial charge in [-0.1, -0.05) is 108 Å². The molecule has 0 aliphatic heterocycles. The molecular formula is C45H55F4N3O2S. The lowest BCUT2D eigenvalue weighted by molar-refractivity contribution is -0.137. The van der Waals surface area contributed by atoms with Crippen LogP contribution in [-0.2, 0) is 42.7 Å². The number of aromatic nitrogens is 2. The monoisotopic (exact) mass is 777 g/mol. The minimum atomic E-state index is -4.40. The molecule has 4 aromatic rings. The van der Waals surface area contributed by atoms with E-state index in [0.717, 1.165) is 66.6 Å². The number of fused-ring (bicyclic) bond motifs is 1. The minimum Gasteiger partial charge on any atom is -0.337 e. The van der Waals surface area contributed by atoms with Crippen molar-refractivity contribution >= 4 is 17.7 Å². The van der Waals surface area contributed by atoms with E-state index in [-0.39, 0.29) is 29.2 Å². The molecular weight excluding hydrogens is 723 g/mol. The molecule has 2 unspecified atom stereocenters. The summed E-state index contributed by atoms with van der Waals surface area (Å²) < 4.78 is 55.1. The molecule has 0 saturated heterocycles. The maximum Gasteiger partial charge on any atom is 0.416 e. The standard InChI is InChI=1S/C45H55F4N3O2S/c1-7-9-39(44(4,5)6)35(26-30(2)3)24-25-51(27-31-12-16-33(17-13-31)34-18-20-36(21-19-34)45(47,48)49)41(53)28-52-40-11-8-10-38(40)42(54)50-43(52)55-29-32-14-22-37(46)23-15-32/h12-23,30,35,39H,7-11,24-29H2,1-6H3. The number of carbonyl (C=O) groups excluding carboxylic acids is 1. The van der Waals surface area contributed by atoms with E-state index in [2.05, 4.69) is 46.5 Å². The highest BCUT2D eigenvalue weighted by atomic mass is 32.2. The smallest absolute Gasteiger partial charge is 0.337 e. The number of halogens is 4.